The van der Waals surface area contributed by atoms with Gasteiger partial charge in [0.05, 0.1) is 6.10 Å². The first-order chi connectivity index (χ1) is 9.57. The van der Waals surface area contributed by atoms with Crippen molar-refractivity contribution in [2.45, 2.75) is 97.5 Å². The molecular weight excluding hydrogens is 252 g/mol. The zero-order chi connectivity index (χ0) is 15.2. The van der Waals surface area contributed by atoms with E-state index in [2.05, 4.69) is 6.92 Å². The molecule has 0 saturated heterocycles. The topological polar surface area (TPSA) is 43.4 Å². The average molecular weight is 284 g/mol. The summed E-state index contributed by atoms with van der Waals surface area (Å²) in [6, 6.07) is 0. The predicted molar refractivity (Wildman–Crippen MR) is 82.7 cm³/mol. The minimum absolute atomic E-state index is 0.209. The molecule has 0 N–H and O–H groups in total. The van der Waals surface area contributed by atoms with Gasteiger partial charge >= 0.3 is 5.97 Å². The fraction of sp³-hybridized carbons (Fsp3) is 0.882. The number of hydrogen-bond acceptors (Lipinski definition) is 3. The van der Waals surface area contributed by atoms with E-state index >= 15 is 0 Å². The third-order valence-corrected chi connectivity index (χ3v) is 3.33. The van der Waals surface area contributed by atoms with E-state index in [0.29, 0.717) is 6.42 Å². The van der Waals surface area contributed by atoms with Gasteiger partial charge in [-0.15, -0.1) is 0 Å². The van der Waals surface area contributed by atoms with E-state index in [1.54, 1.807) is 13.8 Å². The van der Waals surface area contributed by atoms with Crippen LogP contribution in [0.15, 0.2) is 0 Å². The van der Waals surface area contributed by atoms with Gasteiger partial charge in [-0.25, -0.2) is 4.79 Å². The summed E-state index contributed by atoms with van der Waals surface area (Å²) in [5.74, 6) is -1.05. The van der Waals surface area contributed by atoms with E-state index in [1.165, 1.54) is 51.4 Å². The first-order valence-electron chi connectivity index (χ1n) is 8.31. The van der Waals surface area contributed by atoms with Gasteiger partial charge in [-0.05, 0) is 20.3 Å². The van der Waals surface area contributed by atoms with Crippen LogP contribution in [0.3, 0.4) is 0 Å². The maximum Gasteiger partial charge on any atom is 0.374 e. The molecule has 0 aromatic heterocycles. The van der Waals surface area contributed by atoms with Crippen molar-refractivity contribution in [3.8, 4) is 0 Å². The number of unbranched alkanes of at least 4 members (excludes halogenated alkanes) is 9. The molecular formula is C17H32O3. The summed E-state index contributed by atoms with van der Waals surface area (Å²) in [6.45, 7) is 5.75. The molecule has 0 spiro atoms. The molecule has 0 aliphatic carbocycles. The minimum Gasteiger partial charge on any atom is -0.457 e. The molecule has 0 heterocycles. The molecule has 3 heteroatoms. The summed E-state index contributed by atoms with van der Waals surface area (Å²) in [5.41, 5.74) is 0. The van der Waals surface area contributed by atoms with Gasteiger partial charge in [-0.3, -0.25) is 4.79 Å². The summed E-state index contributed by atoms with van der Waals surface area (Å²) in [6.07, 6.45) is 12.4. The molecule has 0 aliphatic rings. The highest BCUT2D eigenvalue weighted by Crippen LogP contribution is 2.11. The van der Waals surface area contributed by atoms with Gasteiger partial charge in [-0.2, -0.15) is 0 Å². The molecule has 0 saturated carbocycles. The van der Waals surface area contributed by atoms with Crippen molar-refractivity contribution in [2.24, 2.45) is 0 Å². The predicted octanol–water partition coefficient (Wildman–Crippen LogP) is 4.82. The van der Waals surface area contributed by atoms with Crippen molar-refractivity contribution >= 4 is 11.8 Å². The van der Waals surface area contributed by atoms with Crippen molar-refractivity contribution in [3.05, 3.63) is 0 Å². The van der Waals surface area contributed by atoms with Crippen LogP contribution in [0.2, 0.25) is 0 Å². The molecule has 3 nitrogen and oxygen atoms in total. The van der Waals surface area contributed by atoms with Crippen LogP contribution in [0.5, 0.6) is 0 Å². The minimum atomic E-state index is -0.670. The molecule has 0 unspecified atom stereocenters. The largest absolute Gasteiger partial charge is 0.457 e. The summed E-state index contributed by atoms with van der Waals surface area (Å²) >= 11 is 0. The van der Waals surface area contributed by atoms with Gasteiger partial charge in [0, 0.05) is 6.42 Å². The molecule has 0 atom stereocenters. The molecule has 0 aliphatic heterocycles. The number of carbonyl (C=O) groups is 2. The Morgan fingerprint density at radius 1 is 0.800 bits per heavy atom. The number of Topliss-reactive ketones (excluding diaryl/α,β-unsaturated/α-hetero) is 1. The van der Waals surface area contributed by atoms with Crippen molar-refractivity contribution in [1.29, 1.82) is 0 Å². The van der Waals surface area contributed by atoms with Crippen LogP contribution in [-0.4, -0.2) is 17.9 Å². The van der Waals surface area contributed by atoms with Crippen LogP contribution in [0.4, 0.5) is 0 Å². The molecule has 0 fully saturated rings. The molecule has 20 heavy (non-hydrogen) atoms. The Morgan fingerprint density at radius 2 is 1.25 bits per heavy atom. The van der Waals surface area contributed by atoms with Gasteiger partial charge in [0.25, 0.3) is 0 Å². The Labute approximate surface area is 124 Å². The van der Waals surface area contributed by atoms with E-state index in [0.717, 1.165) is 12.8 Å². The molecule has 0 amide bonds. The van der Waals surface area contributed by atoms with E-state index in [9.17, 15) is 9.59 Å². The van der Waals surface area contributed by atoms with E-state index in [-0.39, 0.29) is 11.9 Å². The lowest BCUT2D eigenvalue weighted by atomic mass is 10.1. The highest BCUT2D eigenvalue weighted by Gasteiger charge is 2.15. The maximum atomic E-state index is 11.4. The van der Waals surface area contributed by atoms with Crippen LogP contribution in [0, 0.1) is 0 Å². The second kappa shape index (κ2) is 13.1. The lowest BCUT2D eigenvalue weighted by molar-refractivity contribution is -0.156. The van der Waals surface area contributed by atoms with Gasteiger partial charge in [-0.1, -0.05) is 64.7 Å². The number of ether oxygens (including phenoxy) is 1. The Morgan fingerprint density at radius 3 is 1.70 bits per heavy atom. The zero-order valence-electron chi connectivity index (χ0n) is 13.6. The summed E-state index contributed by atoms with van der Waals surface area (Å²) in [5, 5.41) is 0. The molecule has 0 bridgehead atoms. The second-order valence-corrected chi connectivity index (χ2v) is 5.81. The zero-order valence-corrected chi connectivity index (χ0v) is 13.6. The number of carbonyl (C=O) groups excluding carboxylic acids is 2. The van der Waals surface area contributed by atoms with Gasteiger partial charge < -0.3 is 4.74 Å². The first-order valence-corrected chi connectivity index (χ1v) is 8.31. The molecule has 118 valence electrons. The Balaban J connectivity index is 3.31. The third-order valence-electron chi connectivity index (χ3n) is 3.33. The summed E-state index contributed by atoms with van der Waals surface area (Å²) in [7, 11) is 0. The van der Waals surface area contributed by atoms with E-state index in [4.69, 9.17) is 4.74 Å². The van der Waals surface area contributed by atoms with E-state index < -0.39 is 5.97 Å². The SMILES string of the molecule is CCCCCCCCCCCCC(=O)C(=O)OC(C)C. The van der Waals surface area contributed by atoms with Crippen molar-refractivity contribution in [2.75, 3.05) is 0 Å². The van der Waals surface area contributed by atoms with Crippen LogP contribution >= 0.6 is 0 Å². The van der Waals surface area contributed by atoms with Crippen LogP contribution in [0.1, 0.15) is 91.4 Å². The fourth-order valence-corrected chi connectivity index (χ4v) is 2.15. The standard InChI is InChI=1S/C17H32O3/c1-4-5-6-7-8-9-10-11-12-13-14-16(18)17(19)20-15(2)3/h15H,4-14H2,1-3H3. The smallest absolute Gasteiger partial charge is 0.374 e. The molecule has 0 aromatic rings. The monoisotopic (exact) mass is 284 g/mol. The Bertz CT molecular complexity index is 259. The lowest BCUT2D eigenvalue weighted by Gasteiger charge is -2.06. The lowest BCUT2D eigenvalue weighted by Crippen LogP contribution is -2.20. The van der Waals surface area contributed by atoms with Gasteiger partial charge in [0.1, 0.15) is 0 Å². The molecule has 0 aromatic carbocycles. The fourth-order valence-electron chi connectivity index (χ4n) is 2.15. The number of rotatable bonds is 13. The quantitative estimate of drug-likeness (QED) is 0.277. The second-order valence-electron chi connectivity index (χ2n) is 5.81. The maximum absolute atomic E-state index is 11.4. The van der Waals surface area contributed by atoms with Crippen molar-refractivity contribution in [1.82, 2.24) is 0 Å². The molecule has 0 radical (unpaired) electrons. The van der Waals surface area contributed by atoms with Crippen molar-refractivity contribution in [3.63, 3.8) is 0 Å². The van der Waals surface area contributed by atoms with Crippen molar-refractivity contribution < 1.29 is 14.3 Å². The average Bonchev–Trinajstić information content (AvgIpc) is 2.39. The number of hydrogen-bond donors (Lipinski definition) is 0. The summed E-state index contributed by atoms with van der Waals surface area (Å²) in [4.78, 5) is 22.7. The third kappa shape index (κ3) is 12.2. The first kappa shape index (κ1) is 19.1. The Hall–Kier alpha value is -0.860. The van der Waals surface area contributed by atoms with Crippen LogP contribution in [-0.2, 0) is 14.3 Å². The van der Waals surface area contributed by atoms with Gasteiger partial charge in [0.15, 0.2) is 0 Å². The number of ketones is 1. The van der Waals surface area contributed by atoms with Crippen LogP contribution in [0.25, 0.3) is 0 Å². The van der Waals surface area contributed by atoms with E-state index in [1.807, 2.05) is 0 Å². The highest BCUT2D eigenvalue weighted by molar-refractivity contribution is 6.33. The normalized spacial score (nSPS) is 10.8. The summed E-state index contributed by atoms with van der Waals surface area (Å²) < 4.78 is 4.87. The van der Waals surface area contributed by atoms with Gasteiger partial charge in [0.2, 0.25) is 5.78 Å². The molecule has 0 rings (SSSR count). The highest BCUT2D eigenvalue weighted by atomic mass is 16.5. The van der Waals surface area contributed by atoms with Crippen LogP contribution < -0.4 is 0 Å². The number of esters is 1. The Kier molecular flexibility index (Phi) is 12.6.